The molecule has 310 valence electrons. The molecule has 3 saturated heterocycles. The van der Waals surface area contributed by atoms with E-state index in [4.69, 9.17) is 18.9 Å². The first kappa shape index (κ1) is 40.0. The minimum atomic E-state index is -0.993. The Morgan fingerprint density at radius 2 is 1.66 bits per heavy atom. The maximum absolute atomic E-state index is 13.2. The molecule has 2 N–H and O–H groups in total. The molecule has 0 saturated carbocycles. The van der Waals surface area contributed by atoms with E-state index < -0.39 is 30.0 Å². The number of rotatable bonds is 13. The van der Waals surface area contributed by atoms with Crippen LogP contribution in [0.1, 0.15) is 58.4 Å². The van der Waals surface area contributed by atoms with Crippen LogP contribution in [0.4, 0.5) is 0 Å². The van der Waals surface area contributed by atoms with Crippen molar-refractivity contribution in [2.75, 3.05) is 60.2 Å². The van der Waals surface area contributed by atoms with Gasteiger partial charge in [0.05, 0.1) is 55.9 Å². The number of carbonyl (C=O) groups is 4. The SMILES string of the molecule is COc1cc(-c2cn(C)c(=O)c3cnccc23)cc(OC)c1CN1CCC2(CCN(C(=O)CCOCCOc3ccc4c(c3)C(=O)N(C3CCC(O)NC3=O)C4=O)C2)C1. The Hall–Kier alpha value is -5.84. The monoisotopic (exact) mass is 808 g/mol. The number of fused-ring (bicyclic) bond motifs is 2. The number of nitrogens with zero attached hydrogens (tertiary/aromatic N) is 5. The molecule has 8 rings (SSSR count). The number of piperidine rings is 1. The molecule has 16 nitrogen and oxygen atoms in total. The molecule has 3 fully saturated rings. The average molecular weight is 809 g/mol. The van der Waals surface area contributed by atoms with Gasteiger partial charge in [0.25, 0.3) is 17.4 Å². The second-order valence-corrected chi connectivity index (χ2v) is 15.8. The molecule has 4 amide bonds. The van der Waals surface area contributed by atoms with E-state index in [0.29, 0.717) is 42.3 Å². The third-order valence-electron chi connectivity index (χ3n) is 12.1. The topological polar surface area (TPSA) is 182 Å². The number of imide groups is 1. The molecule has 0 aliphatic carbocycles. The van der Waals surface area contributed by atoms with E-state index in [0.717, 1.165) is 52.9 Å². The van der Waals surface area contributed by atoms with E-state index in [9.17, 15) is 29.1 Å². The number of aliphatic hydroxyl groups excluding tert-OH is 1. The highest BCUT2D eigenvalue weighted by molar-refractivity contribution is 6.23. The Labute approximate surface area is 340 Å². The zero-order chi connectivity index (χ0) is 41.4. The second-order valence-electron chi connectivity index (χ2n) is 15.8. The number of aliphatic hydroxyl groups is 1. The molecule has 0 radical (unpaired) electrons. The number of hydrogen-bond donors (Lipinski definition) is 2. The van der Waals surface area contributed by atoms with Gasteiger partial charge >= 0.3 is 0 Å². The Balaban J connectivity index is 0.806. The lowest BCUT2D eigenvalue weighted by Crippen LogP contribution is -2.55. The number of nitrogens with one attached hydrogen (secondary N) is 1. The van der Waals surface area contributed by atoms with Gasteiger partial charge in [0.2, 0.25) is 11.8 Å². The van der Waals surface area contributed by atoms with Crippen LogP contribution in [-0.4, -0.2) is 125 Å². The summed E-state index contributed by atoms with van der Waals surface area (Å²) in [5.74, 6) is 0.138. The van der Waals surface area contributed by atoms with Crippen LogP contribution in [0.3, 0.4) is 0 Å². The van der Waals surface area contributed by atoms with Crippen LogP contribution in [0.25, 0.3) is 21.9 Å². The number of aryl methyl sites for hydroxylation is 1. The zero-order valence-corrected chi connectivity index (χ0v) is 33.4. The molecule has 16 heteroatoms. The van der Waals surface area contributed by atoms with E-state index in [1.807, 2.05) is 29.3 Å². The summed E-state index contributed by atoms with van der Waals surface area (Å²) in [7, 11) is 5.03. The molecule has 0 bridgehead atoms. The van der Waals surface area contributed by atoms with E-state index in [-0.39, 0.29) is 67.1 Å². The molecule has 1 spiro atoms. The number of carbonyl (C=O) groups excluding carboxylic acids is 4. The zero-order valence-electron chi connectivity index (χ0n) is 33.4. The fraction of sp³-hybridized carbons (Fsp3) is 0.442. The Kier molecular flexibility index (Phi) is 11.1. The first-order valence-electron chi connectivity index (χ1n) is 19.9. The maximum Gasteiger partial charge on any atom is 0.262 e. The average Bonchev–Trinajstić information content (AvgIpc) is 3.92. The second kappa shape index (κ2) is 16.4. The van der Waals surface area contributed by atoms with Gasteiger partial charge in [-0.2, -0.15) is 0 Å². The number of hydrogen-bond acceptors (Lipinski definition) is 12. The fourth-order valence-corrected chi connectivity index (χ4v) is 8.98. The number of benzene rings is 2. The van der Waals surface area contributed by atoms with Gasteiger partial charge in [0, 0.05) is 62.8 Å². The summed E-state index contributed by atoms with van der Waals surface area (Å²) in [6.07, 6.45) is 6.69. The minimum Gasteiger partial charge on any atom is -0.496 e. The fourth-order valence-electron chi connectivity index (χ4n) is 8.98. The summed E-state index contributed by atoms with van der Waals surface area (Å²) < 4.78 is 24.9. The highest BCUT2D eigenvalue weighted by atomic mass is 16.5. The van der Waals surface area contributed by atoms with Gasteiger partial charge < -0.3 is 38.8 Å². The molecule has 4 aliphatic rings. The third kappa shape index (κ3) is 7.75. The first-order chi connectivity index (χ1) is 28.5. The lowest BCUT2D eigenvalue weighted by molar-refractivity contribution is -0.132. The van der Waals surface area contributed by atoms with E-state index >= 15 is 0 Å². The number of methoxy groups -OCH3 is 2. The van der Waals surface area contributed by atoms with Crippen LogP contribution in [0, 0.1) is 5.41 Å². The number of likely N-dealkylation sites (tertiary alicyclic amines) is 2. The molecule has 6 heterocycles. The number of aromatic nitrogens is 2. The van der Waals surface area contributed by atoms with Crippen LogP contribution in [0.2, 0.25) is 0 Å². The summed E-state index contributed by atoms with van der Waals surface area (Å²) in [6.45, 7) is 4.38. The Morgan fingerprint density at radius 1 is 0.898 bits per heavy atom. The predicted molar refractivity (Wildman–Crippen MR) is 214 cm³/mol. The molecule has 3 atom stereocenters. The van der Waals surface area contributed by atoms with Crippen LogP contribution < -0.4 is 25.1 Å². The van der Waals surface area contributed by atoms with Crippen molar-refractivity contribution in [2.24, 2.45) is 12.5 Å². The van der Waals surface area contributed by atoms with Crippen molar-refractivity contribution in [1.82, 2.24) is 29.6 Å². The van der Waals surface area contributed by atoms with Crippen molar-refractivity contribution >= 4 is 34.4 Å². The summed E-state index contributed by atoms with van der Waals surface area (Å²) in [6, 6.07) is 9.45. The van der Waals surface area contributed by atoms with Crippen LogP contribution in [0.15, 0.2) is 59.8 Å². The lowest BCUT2D eigenvalue weighted by Gasteiger charge is -2.31. The summed E-state index contributed by atoms with van der Waals surface area (Å²) in [4.78, 5) is 74.0. The standard InChI is InChI=1S/C43H48N6O10/c1-46-22-32(28-8-12-44-21-31(28)40(46)53)26-18-35(56-2)33(36(19-26)57-3)23-47-13-10-43(24-47)11-14-48(25-43)38(51)9-15-58-16-17-59-27-4-5-29-30(20-27)42(55)49(41(29)54)34-6-7-37(50)45-39(34)52/h4-5,8,12,18-22,34,37,50H,6-7,9-11,13-17,23-25H2,1-3H3,(H,45,52). The van der Waals surface area contributed by atoms with Crippen LogP contribution in [-0.2, 0) is 27.9 Å². The van der Waals surface area contributed by atoms with Crippen molar-refractivity contribution < 1.29 is 43.2 Å². The van der Waals surface area contributed by atoms with Crippen LogP contribution in [0.5, 0.6) is 17.2 Å². The predicted octanol–water partition coefficient (Wildman–Crippen LogP) is 2.72. The Bertz CT molecular complexity index is 2360. The van der Waals surface area contributed by atoms with E-state index in [1.54, 1.807) is 44.3 Å². The minimum absolute atomic E-state index is 0.0107. The molecule has 2 aromatic heterocycles. The third-order valence-corrected chi connectivity index (χ3v) is 12.1. The summed E-state index contributed by atoms with van der Waals surface area (Å²) in [5, 5.41) is 13.4. The molecule has 4 aliphatic heterocycles. The summed E-state index contributed by atoms with van der Waals surface area (Å²) >= 11 is 0. The Morgan fingerprint density at radius 3 is 2.42 bits per heavy atom. The highest BCUT2D eigenvalue weighted by Crippen LogP contribution is 2.43. The molecule has 3 unspecified atom stereocenters. The van der Waals surface area contributed by atoms with Crippen molar-refractivity contribution in [3.8, 4) is 28.4 Å². The van der Waals surface area contributed by atoms with Gasteiger partial charge in [-0.05, 0) is 79.6 Å². The molecule has 2 aromatic carbocycles. The van der Waals surface area contributed by atoms with Crippen molar-refractivity contribution in [3.63, 3.8) is 0 Å². The normalized spacial score (nSPS) is 21.7. The van der Waals surface area contributed by atoms with Gasteiger partial charge in [-0.15, -0.1) is 0 Å². The largest absolute Gasteiger partial charge is 0.496 e. The quantitative estimate of drug-likeness (QED) is 0.149. The van der Waals surface area contributed by atoms with Crippen molar-refractivity contribution in [3.05, 3.63) is 82.0 Å². The first-order valence-corrected chi connectivity index (χ1v) is 19.9. The molecular formula is C43H48N6O10. The molecule has 59 heavy (non-hydrogen) atoms. The van der Waals surface area contributed by atoms with E-state index in [1.165, 1.54) is 12.1 Å². The van der Waals surface area contributed by atoms with Gasteiger partial charge in [0.1, 0.15) is 36.1 Å². The van der Waals surface area contributed by atoms with Gasteiger partial charge in [0.15, 0.2) is 0 Å². The number of pyridine rings is 2. The maximum atomic E-state index is 13.2. The smallest absolute Gasteiger partial charge is 0.262 e. The number of ether oxygens (including phenoxy) is 4. The number of amides is 4. The van der Waals surface area contributed by atoms with E-state index in [2.05, 4.69) is 15.2 Å². The summed E-state index contributed by atoms with van der Waals surface area (Å²) in [5.41, 5.74) is 2.94. The molecule has 4 aromatic rings. The molecular weight excluding hydrogens is 761 g/mol. The van der Waals surface area contributed by atoms with Gasteiger partial charge in [-0.1, -0.05) is 0 Å². The van der Waals surface area contributed by atoms with Crippen molar-refractivity contribution in [2.45, 2.75) is 50.9 Å². The van der Waals surface area contributed by atoms with Crippen molar-refractivity contribution in [1.29, 1.82) is 0 Å². The highest BCUT2D eigenvalue weighted by Gasteiger charge is 2.46. The lowest BCUT2D eigenvalue weighted by atomic mass is 9.86. The van der Waals surface area contributed by atoms with Crippen LogP contribution >= 0.6 is 0 Å². The van der Waals surface area contributed by atoms with Gasteiger partial charge in [-0.3, -0.25) is 38.8 Å². The van der Waals surface area contributed by atoms with Gasteiger partial charge in [-0.25, -0.2) is 0 Å².